The standard InChI is InChI=1S/C15H18N2/c1-5-11(3)15-16-13-9-7-8-10-14(13)17(15)12(4)6-2/h5-11H,1H2,2-4H3. The van der Waals surface area contributed by atoms with Crippen LogP contribution in [0.3, 0.4) is 0 Å². The summed E-state index contributed by atoms with van der Waals surface area (Å²) >= 11 is 0. The number of nitrogens with zero attached hydrogens (tertiary/aromatic N) is 2. The van der Waals surface area contributed by atoms with Gasteiger partial charge < -0.3 is 4.57 Å². The quantitative estimate of drug-likeness (QED) is 0.717. The third kappa shape index (κ3) is 1.91. The third-order valence-electron chi connectivity index (χ3n) is 3.12. The van der Waals surface area contributed by atoms with Crippen molar-refractivity contribution in [2.24, 2.45) is 0 Å². The number of benzene rings is 1. The van der Waals surface area contributed by atoms with Crippen LogP contribution in [-0.2, 0) is 0 Å². The van der Waals surface area contributed by atoms with Crippen molar-refractivity contribution in [3.8, 4) is 0 Å². The predicted octanol–water partition coefficient (Wildman–Crippen LogP) is 4.21. The number of hydrogen-bond donors (Lipinski definition) is 0. The molecule has 1 aromatic heterocycles. The summed E-state index contributed by atoms with van der Waals surface area (Å²) in [6.45, 7) is 10.1. The average molecular weight is 226 g/mol. The highest BCUT2D eigenvalue weighted by Crippen LogP contribution is 2.25. The maximum Gasteiger partial charge on any atom is 0.120 e. The normalized spacial score (nSPS) is 13.9. The van der Waals surface area contributed by atoms with E-state index in [1.807, 2.05) is 31.2 Å². The third-order valence-corrected chi connectivity index (χ3v) is 3.12. The van der Waals surface area contributed by atoms with Crippen LogP contribution in [0.1, 0.15) is 32.5 Å². The van der Waals surface area contributed by atoms with Crippen molar-refractivity contribution in [1.29, 1.82) is 0 Å². The second kappa shape index (κ2) is 4.58. The Morgan fingerprint density at radius 3 is 2.76 bits per heavy atom. The summed E-state index contributed by atoms with van der Waals surface area (Å²) in [5.41, 5.74) is 3.40. The van der Waals surface area contributed by atoms with Crippen molar-refractivity contribution in [3.05, 3.63) is 48.8 Å². The number of imidazole rings is 1. The van der Waals surface area contributed by atoms with Crippen LogP contribution >= 0.6 is 0 Å². The van der Waals surface area contributed by atoms with Gasteiger partial charge in [0.1, 0.15) is 5.82 Å². The van der Waals surface area contributed by atoms with Crippen molar-refractivity contribution in [3.63, 3.8) is 0 Å². The summed E-state index contributed by atoms with van der Waals surface area (Å²) in [7, 11) is 0. The molecule has 1 unspecified atom stereocenters. The summed E-state index contributed by atoms with van der Waals surface area (Å²) in [4.78, 5) is 4.70. The lowest BCUT2D eigenvalue weighted by Gasteiger charge is -2.11. The first-order valence-electron chi connectivity index (χ1n) is 5.92. The molecular weight excluding hydrogens is 208 g/mol. The van der Waals surface area contributed by atoms with Gasteiger partial charge in [-0.1, -0.05) is 31.2 Å². The Morgan fingerprint density at radius 1 is 1.41 bits per heavy atom. The Hall–Kier alpha value is -1.83. The van der Waals surface area contributed by atoms with Crippen LogP contribution in [0.25, 0.3) is 16.7 Å². The molecule has 0 aliphatic heterocycles. The zero-order valence-electron chi connectivity index (χ0n) is 10.6. The molecule has 0 aliphatic carbocycles. The Bertz CT molecular complexity index is 576. The number of hydrogen-bond acceptors (Lipinski definition) is 1. The fourth-order valence-corrected chi connectivity index (χ4v) is 1.96. The summed E-state index contributed by atoms with van der Waals surface area (Å²) in [5.74, 6) is 1.30. The van der Waals surface area contributed by atoms with Gasteiger partial charge in [0.05, 0.1) is 11.0 Å². The summed E-state index contributed by atoms with van der Waals surface area (Å²) in [6.07, 6.45) is 4.04. The van der Waals surface area contributed by atoms with Gasteiger partial charge in [0.25, 0.3) is 0 Å². The minimum Gasteiger partial charge on any atom is -0.300 e. The van der Waals surface area contributed by atoms with Crippen LogP contribution in [0.2, 0.25) is 0 Å². The Kier molecular flexibility index (Phi) is 3.14. The number of fused-ring (bicyclic) bond motifs is 1. The second-order valence-electron chi connectivity index (χ2n) is 4.25. The molecule has 2 rings (SSSR count). The molecule has 88 valence electrons. The fourth-order valence-electron chi connectivity index (χ4n) is 1.96. The van der Waals surface area contributed by atoms with Gasteiger partial charge in [-0.2, -0.15) is 0 Å². The summed E-state index contributed by atoms with van der Waals surface area (Å²) in [5, 5.41) is 0. The van der Waals surface area contributed by atoms with Gasteiger partial charge in [-0.05, 0) is 26.0 Å². The highest BCUT2D eigenvalue weighted by atomic mass is 15.1. The topological polar surface area (TPSA) is 17.8 Å². The largest absolute Gasteiger partial charge is 0.300 e. The van der Waals surface area contributed by atoms with Gasteiger partial charge in [-0.15, -0.1) is 6.58 Å². The van der Waals surface area contributed by atoms with E-state index in [2.05, 4.69) is 37.1 Å². The second-order valence-corrected chi connectivity index (χ2v) is 4.25. The molecule has 0 saturated heterocycles. The predicted molar refractivity (Wildman–Crippen MR) is 74.0 cm³/mol. The molecular formula is C15H18N2. The molecule has 0 N–H and O–H groups in total. The molecule has 0 bridgehead atoms. The minimum atomic E-state index is 0.247. The lowest BCUT2D eigenvalue weighted by atomic mass is 10.1. The van der Waals surface area contributed by atoms with E-state index in [9.17, 15) is 0 Å². The number of allylic oxidation sites excluding steroid dienone is 3. The van der Waals surface area contributed by atoms with Gasteiger partial charge in [-0.25, -0.2) is 4.98 Å². The van der Waals surface area contributed by atoms with E-state index < -0.39 is 0 Å². The van der Waals surface area contributed by atoms with Crippen LogP contribution in [-0.4, -0.2) is 9.55 Å². The van der Waals surface area contributed by atoms with Gasteiger partial charge in [0, 0.05) is 11.6 Å². The maximum atomic E-state index is 4.70. The van der Waals surface area contributed by atoms with Crippen molar-refractivity contribution in [2.75, 3.05) is 0 Å². The van der Waals surface area contributed by atoms with Crippen molar-refractivity contribution >= 4 is 16.7 Å². The first-order valence-corrected chi connectivity index (χ1v) is 5.92. The maximum absolute atomic E-state index is 4.70. The lowest BCUT2D eigenvalue weighted by Crippen LogP contribution is -2.03. The molecule has 0 spiro atoms. The number of aromatic nitrogens is 2. The van der Waals surface area contributed by atoms with E-state index in [1.54, 1.807) is 0 Å². The van der Waals surface area contributed by atoms with Gasteiger partial charge in [-0.3, -0.25) is 0 Å². The average Bonchev–Trinajstić information content (AvgIpc) is 2.76. The molecule has 0 amide bonds. The van der Waals surface area contributed by atoms with E-state index in [1.165, 1.54) is 5.70 Å². The van der Waals surface area contributed by atoms with Crippen LogP contribution in [0.5, 0.6) is 0 Å². The van der Waals surface area contributed by atoms with Gasteiger partial charge >= 0.3 is 0 Å². The Balaban J connectivity index is 2.78. The van der Waals surface area contributed by atoms with Crippen LogP contribution in [0.15, 0.2) is 43.0 Å². The molecule has 0 radical (unpaired) electrons. The Labute approximate surface area is 102 Å². The fraction of sp³-hybridized carbons (Fsp3) is 0.267. The van der Waals surface area contributed by atoms with Crippen LogP contribution in [0.4, 0.5) is 0 Å². The zero-order valence-corrected chi connectivity index (χ0v) is 10.6. The van der Waals surface area contributed by atoms with Gasteiger partial charge in [0.15, 0.2) is 0 Å². The number of rotatable bonds is 3. The molecule has 0 aliphatic rings. The minimum absolute atomic E-state index is 0.247. The monoisotopic (exact) mass is 226 g/mol. The molecule has 2 heteroatoms. The summed E-state index contributed by atoms with van der Waals surface area (Å²) in [6, 6.07) is 8.22. The first-order chi connectivity index (χ1) is 8.19. The van der Waals surface area contributed by atoms with E-state index in [0.29, 0.717) is 0 Å². The van der Waals surface area contributed by atoms with Crippen molar-refractivity contribution in [1.82, 2.24) is 9.55 Å². The molecule has 2 aromatic rings. The molecule has 1 atom stereocenters. The van der Waals surface area contributed by atoms with Crippen LogP contribution in [0, 0.1) is 0 Å². The molecule has 0 fully saturated rings. The van der Waals surface area contributed by atoms with E-state index in [4.69, 9.17) is 4.98 Å². The molecule has 2 nitrogen and oxygen atoms in total. The molecule has 0 saturated carbocycles. The smallest absolute Gasteiger partial charge is 0.120 e. The molecule has 17 heavy (non-hydrogen) atoms. The summed E-state index contributed by atoms with van der Waals surface area (Å²) < 4.78 is 2.21. The van der Waals surface area contributed by atoms with Crippen LogP contribution < -0.4 is 0 Å². The van der Waals surface area contributed by atoms with E-state index in [-0.39, 0.29) is 5.92 Å². The first kappa shape index (κ1) is 11.6. The highest BCUT2D eigenvalue weighted by molar-refractivity contribution is 5.80. The van der Waals surface area contributed by atoms with E-state index in [0.717, 1.165) is 16.9 Å². The Morgan fingerprint density at radius 2 is 2.12 bits per heavy atom. The van der Waals surface area contributed by atoms with Gasteiger partial charge in [0.2, 0.25) is 0 Å². The van der Waals surface area contributed by atoms with Crippen molar-refractivity contribution in [2.45, 2.75) is 26.7 Å². The molecule has 1 heterocycles. The lowest BCUT2D eigenvalue weighted by molar-refractivity contribution is 0.829. The SMILES string of the molecule is C=CC(C)c1nc2ccccc2n1C(C)=CC. The van der Waals surface area contributed by atoms with E-state index >= 15 is 0 Å². The molecule has 1 aromatic carbocycles. The number of para-hydroxylation sites is 2. The van der Waals surface area contributed by atoms with Crippen molar-refractivity contribution < 1.29 is 0 Å². The highest BCUT2D eigenvalue weighted by Gasteiger charge is 2.14. The zero-order chi connectivity index (χ0) is 12.4.